The molecule has 0 saturated carbocycles. The normalized spacial score (nSPS) is 16.0. The summed E-state index contributed by atoms with van der Waals surface area (Å²) in [6.07, 6.45) is 1.59. The number of carbonyl (C=O) groups is 3. The monoisotopic (exact) mass is 475 g/mol. The number of benzene rings is 2. The summed E-state index contributed by atoms with van der Waals surface area (Å²) in [4.78, 5) is 48.6. The summed E-state index contributed by atoms with van der Waals surface area (Å²) in [5.74, 6) is 0.123. The van der Waals surface area contributed by atoms with Crippen LogP contribution in [0.15, 0.2) is 41.3 Å². The molecule has 0 aromatic heterocycles. The van der Waals surface area contributed by atoms with Gasteiger partial charge in [0.15, 0.2) is 11.5 Å². The first-order valence-corrected chi connectivity index (χ1v) is 10.4. The average molecular weight is 476 g/mol. The summed E-state index contributed by atoms with van der Waals surface area (Å²) in [7, 11) is 0. The van der Waals surface area contributed by atoms with E-state index in [1.807, 2.05) is 0 Å². The number of carbonyl (C=O) groups excluding carboxylic acids is 3. The molecule has 3 amide bonds. The van der Waals surface area contributed by atoms with Crippen LogP contribution in [-0.4, -0.2) is 46.8 Å². The molecule has 164 valence electrons. The van der Waals surface area contributed by atoms with Crippen molar-refractivity contribution in [1.29, 1.82) is 0 Å². The van der Waals surface area contributed by atoms with Crippen LogP contribution in [0.4, 0.5) is 10.5 Å². The minimum atomic E-state index is -0.621. The highest BCUT2D eigenvalue weighted by Crippen LogP contribution is 2.36. The van der Waals surface area contributed by atoms with Crippen molar-refractivity contribution >= 4 is 52.2 Å². The lowest BCUT2D eigenvalue weighted by atomic mass is 10.2. The number of nitrogens with one attached hydrogen (secondary N) is 1. The second kappa shape index (κ2) is 8.89. The Morgan fingerprint density at radius 2 is 2.00 bits per heavy atom. The molecule has 0 atom stereocenters. The number of hydrogen-bond acceptors (Lipinski definition) is 8. The molecular formula is C20H14ClN3O7S. The number of amides is 3. The fourth-order valence-corrected chi connectivity index (χ4v) is 4.15. The third-order valence-electron chi connectivity index (χ3n) is 4.60. The minimum absolute atomic E-state index is 0.0124. The number of nitro groups is 1. The Bertz CT molecular complexity index is 1180. The lowest BCUT2D eigenvalue weighted by Crippen LogP contribution is -2.37. The molecular weight excluding hydrogens is 462 g/mol. The molecule has 1 fully saturated rings. The highest BCUT2D eigenvalue weighted by atomic mass is 35.5. The van der Waals surface area contributed by atoms with Crippen molar-refractivity contribution in [2.75, 3.05) is 19.9 Å². The molecule has 4 rings (SSSR count). The van der Waals surface area contributed by atoms with Gasteiger partial charge in [0.2, 0.25) is 6.79 Å². The minimum Gasteiger partial charge on any atom is -0.454 e. The quantitative estimate of drug-likeness (QED) is 0.382. The third kappa shape index (κ3) is 4.39. The molecule has 0 aliphatic carbocycles. The van der Waals surface area contributed by atoms with E-state index in [0.717, 1.165) is 28.8 Å². The van der Waals surface area contributed by atoms with Gasteiger partial charge in [-0.25, -0.2) is 0 Å². The zero-order chi connectivity index (χ0) is 22.8. The Hall–Kier alpha value is -3.57. The van der Waals surface area contributed by atoms with E-state index >= 15 is 0 Å². The zero-order valence-electron chi connectivity index (χ0n) is 16.2. The van der Waals surface area contributed by atoms with Gasteiger partial charge < -0.3 is 14.8 Å². The molecule has 2 aliphatic rings. The van der Waals surface area contributed by atoms with E-state index in [2.05, 4.69) is 5.32 Å². The summed E-state index contributed by atoms with van der Waals surface area (Å²) in [6, 6.07) is 8.66. The van der Waals surface area contributed by atoms with Crippen molar-refractivity contribution in [3.63, 3.8) is 0 Å². The van der Waals surface area contributed by atoms with Crippen molar-refractivity contribution < 1.29 is 28.8 Å². The highest BCUT2D eigenvalue weighted by molar-refractivity contribution is 8.18. The van der Waals surface area contributed by atoms with Crippen LogP contribution in [0.5, 0.6) is 11.5 Å². The molecule has 0 unspecified atom stereocenters. The van der Waals surface area contributed by atoms with Gasteiger partial charge in [0.1, 0.15) is 0 Å². The van der Waals surface area contributed by atoms with Crippen LogP contribution < -0.4 is 14.8 Å². The van der Waals surface area contributed by atoms with Gasteiger partial charge in [-0.05, 0) is 41.6 Å². The van der Waals surface area contributed by atoms with Gasteiger partial charge in [-0.3, -0.25) is 29.4 Å². The van der Waals surface area contributed by atoms with Gasteiger partial charge in [0.25, 0.3) is 22.7 Å². The molecule has 0 bridgehead atoms. The molecule has 0 spiro atoms. The van der Waals surface area contributed by atoms with Crippen molar-refractivity contribution in [3.05, 3.63) is 67.6 Å². The molecule has 2 aliphatic heterocycles. The molecule has 0 radical (unpaired) electrons. The number of nitro benzene ring substituents is 1. The van der Waals surface area contributed by atoms with Crippen LogP contribution >= 0.6 is 23.4 Å². The summed E-state index contributed by atoms with van der Waals surface area (Å²) in [5.41, 5.74) is 0.494. The van der Waals surface area contributed by atoms with Crippen LogP contribution in [0.3, 0.4) is 0 Å². The second-order valence-corrected chi connectivity index (χ2v) is 8.02. The number of nitrogens with zero attached hydrogens (tertiary/aromatic N) is 2. The van der Waals surface area contributed by atoms with Crippen molar-refractivity contribution in [3.8, 4) is 11.5 Å². The van der Waals surface area contributed by atoms with E-state index in [-0.39, 0.29) is 41.1 Å². The Morgan fingerprint density at radius 3 is 2.75 bits per heavy atom. The first kappa shape index (κ1) is 21.7. The first-order valence-electron chi connectivity index (χ1n) is 9.20. The average Bonchev–Trinajstić information content (AvgIpc) is 3.32. The number of rotatable bonds is 6. The second-order valence-electron chi connectivity index (χ2n) is 6.62. The van der Waals surface area contributed by atoms with Crippen molar-refractivity contribution in [2.24, 2.45) is 0 Å². The van der Waals surface area contributed by atoms with Gasteiger partial charge in [0.05, 0.1) is 20.4 Å². The fourth-order valence-electron chi connectivity index (χ4n) is 3.03. The van der Waals surface area contributed by atoms with Gasteiger partial charge in [-0.1, -0.05) is 17.7 Å². The maximum absolute atomic E-state index is 12.6. The van der Waals surface area contributed by atoms with E-state index in [9.17, 15) is 24.5 Å². The SMILES string of the molecule is O=C(NCCN1C(=O)S/C(=C\c2ccc3c(c2)OCO3)C1=O)c1ccc([N+](=O)[O-])cc1Cl. The van der Waals surface area contributed by atoms with Crippen molar-refractivity contribution in [2.45, 2.75) is 0 Å². The highest BCUT2D eigenvalue weighted by Gasteiger charge is 2.34. The summed E-state index contributed by atoms with van der Waals surface area (Å²) >= 11 is 6.74. The van der Waals surface area contributed by atoms with Gasteiger partial charge in [0, 0.05) is 25.2 Å². The molecule has 2 aromatic carbocycles. The molecule has 2 aromatic rings. The number of ether oxygens (including phenoxy) is 2. The largest absolute Gasteiger partial charge is 0.454 e. The number of non-ortho nitro benzene ring substituents is 1. The molecule has 2 heterocycles. The zero-order valence-corrected chi connectivity index (χ0v) is 17.8. The lowest BCUT2D eigenvalue weighted by molar-refractivity contribution is -0.384. The molecule has 10 nitrogen and oxygen atoms in total. The number of halogens is 1. The standard InChI is InChI=1S/C20H14ClN3O7S/c21-14-9-12(24(28)29)2-3-13(14)18(25)22-5-6-23-19(26)17(32-20(23)27)8-11-1-4-15-16(7-11)31-10-30-15/h1-4,7-9H,5-6,10H2,(H,22,25)/b17-8-. The molecule has 1 N–H and O–H groups in total. The van der Waals surface area contributed by atoms with E-state index in [1.165, 1.54) is 6.07 Å². The van der Waals surface area contributed by atoms with E-state index in [0.29, 0.717) is 17.1 Å². The fraction of sp³-hybridized carbons (Fsp3) is 0.150. The Balaban J connectivity index is 1.37. The van der Waals surface area contributed by atoms with Crippen LogP contribution in [0.25, 0.3) is 6.08 Å². The number of thioether (sulfide) groups is 1. The maximum Gasteiger partial charge on any atom is 0.293 e. The molecule has 1 saturated heterocycles. The van der Waals surface area contributed by atoms with Crippen LogP contribution in [0.1, 0.15) is 15.9 Å². The topological polar surface area (TPSA) is 128 Å². The van der Waals surface area contributed by atoms with E-state index < -0.39 is 22.0 Å². The first-order chi connectivity index (χ1) is 15.3. The number of imide groups is 1. The molecule has 12 heteroatoms. The van der Waals surface area contributed by atoms with Gasteiger partial charge in [-0.2, -0.15) is 0 Å². The Kier molecular flexibility index (Phi) is 6.01. The number of hydrogen-bond donors (Lipinski definition) is 1. The van der Waals surface area contributed by atoms with Gasteiger partial charge in [-0.15, -0.1) is 0 Å². The Morgan fingerprint density at radius 1 is 1.22 bits per heavy atom. The summed E-state index contributed by atoms with van der Waals surface area (Å²) in [6.45, 7) is 0.0765. The predicted molar refractivity (Wildman–Crippen MR) is 116 cm³/mol. The maximum atomic E-state index is 12.6. The van der Waals surface area contributed by atoms with E-state index in [4.69, 9.17) is 21.1 Å². The van der Waals surface area contributed by atoms with Crippen LogP contribution in [-0.2, 0) is 4.79 Å². The van der Waals surface area contributed by atoms with Gasteiger partial charge >= 0.3 is 0 Å². The van der Waals surface area contributed by atoms with E-state index in [1.54, 1.807) is 24.3 Å². The predicted octanol–water partition coefficient (Wildman–Crippen LogP) is 3.44. The van der Waals surface area contributed by atoms with Crippen molar-refractivity contribution in [1.82, 2.24) is 10.2 Å². The Labute approximate surface area is 190 Å². The summed E-state index contributed by atoms with van der Waals surface area (Å²) < 4.78 is 10.6. The third-order valence-corrected chi connectivity index (χ3v) is 5.82. The van der Waals surface area contributed by atoms with Crippen LogP contribution in [0.2, 0.25) is 5.02 Å². The summed E-state index contributed by atoms with van der Waals surface area (Å²) in [5, 5.41) is 12.8. The lowest BCUT2D eigenvalue weighted by Gasteiger charge is -2.13. The number of fused-ring (bicyclic) bond motifs is 1. The van der Waals surface area contributed by atoms with Crippen LogP contribution in [0, 0.1) is 10.1 Å². The smallest absolute Gasteiger partial charge is 0.293 e. The molecule has 32 heavy (non-hydrogen) atoms.